The molecule has 0 spiro atoms. The fourth-order valence-electron chi connectivity index (χ4n) is 1.91. The van der Waals surface area contributed by atoms with Crippen molar-refractivity contribution >= 4 is 31.7 Å². The maximum absolute atomic E-state index is 4.45. The van der Waals surface area contributed by atoms with Crippen LogP contribution in [0.2, 0.25) is 0 Å². The zero-order chi connectivity index (χ0) is 12.4. The predicted molar refractivity (Wildman–Crippen MR) is 71.7 cm³/mol. The molecule has 0 fully saturated rings. The number of imidazole rings is 1. The van der Waals surface area contributed by atoms with E-state index in [0.717, 1.165) is 29.8 Å². The molecule has 0 saturated carbocycles. The minimum absolute atomic E-state index is 0.0192. The number of hydrogen-bond acceptors (Lipinski definition) is 4. The summed E-state index contributed by atoms with van der Waals surface area (Å²) < 4.78 is 11.0. The van der Waals surface area contributed by atoms with E-state index in [9.17, 15) is 0 Å². The number of nitrogens with one attached hydrogen (secondary N) is 1. The van der Waals surface area contributed by atoms with Crippen LogP contribution in [0.3, 0.4) is 0 Å². The van der Waals surface area contributed by atoms with Crippen molar-refractivity contribution in [2.45, 2.75) is 20.0 Å². The molecule has 0 radical (unpaired) electrons. The van der Waals surface area contributed by atoms with Crippen LogP contribution in [0.5, 0.6) is 0 Å². The van der Waals surface area contributed by atoms with E-state index in [1.807, 2.05) is 30.7 Å². The summed E-state index contributed by atoms with van der Waals surface area (Å²) in [6, 6.07) is 6.07. The second-order valence-electron chi connectivity index (χ2n) is 3.96. The van der Waals surface area contributed by atoms with Gasteiger partial charge in [-0.2, -0.15) is 0 Å². The molecule has 3 aromatic rings. The number of rotatable bonds is 4. The van der Waals surface area contributed by atoms with Gasteiger partial charge in [0.05, 0.1) is 0 Å². The Kier molecular flexibility index (Phi) is 3.13. The van der Waals surface area contributed by atoms with Crippen molar-refractivity contribution in [2.75, 3.05) is 5.32 Å². The van der Waals surface area contributed by atoms with Crippen LogP contribution in [-0.2, 0) is 13.1 Å². The first kappa shape index (κ1) is 11.4. The fraction of sp³-hybridized carbons (Fsp3) is 0.250. The van der Waals surface area contributed by atoms with Gasteiger partial charge in [0.15, 0.2) is 0 Å². The van der Waals surface area contributed by atoms with E-state index in [-0.39, 0.29) is 15.0 Å². The van der Waals surface area contributed by atoms with Gasteiger partial charge in [-0.1, -0.05) is 0 Å². The fourth-order valence-corrected chi connectivity index (χ4v) is 3.07. The summed E-state index contributed by atoms with van der Waals surface area (Å²) in [5.41, 5.74) is 4.24. The Morgan fingerprint density at radius 2 is 2.28 bits per heavy atom. The van der Waals surface area contributed by atoms with Crippen LogP contribution in [0.4, 0.5) is 5.69 Å². The molecule has 0 amide bonds. The van der Waals surface area contributed by atoms with Crippen molar-refractivity contribution in [3.05, 3.63) is 36.4 Å². The quantitative estimate of drug-likeness (QED) is 0.743. The summed E-state index contributed by atoms with van der Waals surface area (Å²) in [4.78, 5) is 4.16. The summed E-state index contributed by atoms with van der Waals surface area (Å²) >= 11 is 0.0192. The van der Waals surface area contributed by atoms with Gasteiger partial charge >= 0.3 is 111 Å². The second kappa shape index (κ2) is 4.92. The van der Waals surface area contributed by atoms with Crippen molar-refractivity contribution in [1.82, 2.24) is 17.5 Å². The Balaban J connectivity index is 1.83. The number of aromatic nitrogens is 4. The third-order valence-electron chi connectivity index (χ3n) is 2.89. The molecular weight excluding hydrogens is 293 g/mol. The summed E-state index contributed by atoms with van der Waals surface area (Å²) in [6.45, 7) is 3.81. The summed E-state index contributed by atoms with van der Waals surface area (Å²) in [5.74, 6) is 0. The Morgan fingerprint density at radius 1 is 1.33 bits per heavy atom. The summed E-state index contributed by atoms with van der Waals surface area (Å²) in [6.07, 6.45) is 3.75. The van der Waals surface area contributed by atoms with Gasteiger partial charge < -0.3 is 0 Å². The Bertz CT molecular complexity index is 657. The predicted octanol–water partition coefficient (Wildman–Crippen LogP) is 1.52. The van der Waals surface area contributed by atoms with Crippen LogP contribution in [0.25, 0.3) is 11.0 Å². The maximum atomic E-state index is 4.45. The van der Waals surface area contributed by atoms with E-state index in [4.69, 9.17) is 0 Å². The summed E-state index contributed by atoms with van der Waals surface area (Å²) in [7, 11) is 0. The third-order valence-corrected chi connectivity index (χ3v) is 4.02. The molecule has 5 nitrogen and oxygen atoms in total. The van der Waals surface area contributed by atoms with E-state index in [1.165, 1.54) is 5.69 Å². The van der Waals surface area contributed by atoms with E-state index in [0.29, 0.717) is 0 Å². The van der Waals surface area contributed by atoms with Crippen LogP contribution in [0.15, 0.2) is 30.7 Å². The first-order chi connectivity index (χ1) is 8.88. The van der Waals surface area contributed by atoms with Crippen LogP contribution in [0.1, 0.15) is 12.6 Å². The molecule has 3 rings (SSSR count). The van der Waals surface area contributed by atoms with Crippen molar-refractivity contribution in [2.24, 2.45) is 0 Å². The molecule has 92 valence electrons. The van der Waals surface area contributed by atoms with Gasteiger partial charge in [-0.05, 0) is 0 Å². The number of hydrogen-bond donors (Lipinski definition) is 1. The number of fused-ring (bicyclic) bond motifs is 1. The molecule has 2 heterocycles. The Morgan fingerprint density at radius 3 is 3.17 bits per heavy atom. The Labute approximate surface area is 111 Å². The zero-order valence-corrected chi connectivity index (χ0v) is 11.7. The van der Waals surface area contributed by atoms with E-state index < -0.39 is 0 Å². The van der Waals surface area contributed by atoms with Crippen LogP contribution in [-0.4, -0.2) is 32.5 Å². The number of nitrogens with zero attached hydrogens (tertiary/aromatic N) is 4. The molecule has 0 saturated heterocycles. The minimum atomic E-state index is 0.0192. The Hall–Kier alpha value is -1.65. The normalized spacial score (nSPS) is 10.9. The average Bonchev–Trinajstić information content (AvgIpc) is 3.04. The van der Waals surface area contributed by atoms with E-state index in [1.54, 1.807) is 0 Å². The molecule has 2 aromatic heterocycles. The van der Waals surface area contributed by atoms with E-state index in [2.05, 4.69) is 29.8 Å². The molecule has 1 N–H and O–H groups in total. The topological polar surface area (TPSA) is 55.6 Å². The van der Waals surface area contributed by atoms with Gasteiger partial charge in [0, 0.05) is 0 Å². The molecule has 0 aliphatic carbocycles. The van der Waals surface area contributed by atoms with Gasteiger partial charge in [-0.25, -0.2) is 0 Å². The molecule has 0 bridgehead atoms. The zero-order valence-electron chi connectivity index (χ0n) is 10.00. The first-order valence-electron chi connectivity index (χ1n) is 5.82. The van der Waals surface area contributed by atoms with Crippen molar-refractivity contribution < 1.29 is 0 Å². The summed E-state index contributed by atoms with van der Waals surface area (Å²) in [5, 5.41) is 3.42. The number of aryl methyl sites for hydroxylation is 1. The van der Waals surface area contributed by atoms with Crippen molar-refractivity contribution in [3.63, 3.8) is 0 Å². The average molecular weight is 306 g/mol. The molecule has 0 aliphatic rings. The number of benzene rings is 1. The van der Waals surface area contributed by atoms with E-state index >= 15 is 0 Å². The van der Waals surface area contributed by atoms with Gasteiger partial charge in [0.25, 0.3) is 0 Å². The monoisotopic (exact) mass is 307 g/mol. The standard InChI is InChI=1S/C12H13N5Se/c1-2-17-8-13-6-9(17)7-14-10-4-3-5-11-12(10)16-18-15-11/h3-6,8,14H,2,7H2,1H3. The van der Waals surface area contributed by atoms with Gasteiger partial charge in [0.1, 0.15) is 0 Å². The van der Waals surface area contributed by atoms with Crippen LogP contribution < -0.4 is 5.32 Å². The molecule has 0 unspecified atom stereocenters. The molecule has 0 aliphatic heterocycles. The molecule has 1 aromatic carbocycles. The second-order valence-corrected chi connectivity index (χ2v) is 5.07. The SMILES string of the molecule is CCn1cncc1CNc1cccc2n[se]nc12. The van der Waals surface area contributed by atoms with Crippen molar-refractivity contribution in [1.29, 1.82) is 0 Å². The number of anilines is 1. The third kappa shape index (κ3) is 2.05. The molecule has 18 heavy (non-hydrogen) atoms. The van der Waals surface area contributed by atoms with Crippen molar-refractivity contribution in [3.8, 4) is 0 Å². The van der Waals surface area contributed by atoms with Crippen LogP contribution in [0, 0.1) is 0 Å². The van der Waals surface area contributed by atoms with Gasteiger partial charge in [0.2, 0.25) is 0 Å². The molecule has 6 heteroatoms. The van der Waals surface area contributed by atoms with Gasteiger partial charge in [-0.3, -0.25) is 0 Å². The first-order valence-corrected chi connectivity index (χ1v) is 7.36. The molecular formula is C12H13N5Se. The van der Waals surface area contributed by atoms with Crippen LogP contribution >= 0.6 is 0 Å². The van der Waals surface area contributed by atoms with Gasteiger partial charge in [-0.15, -0.1) is 0 Å². The molecule has 0 atom stereocenters.